The number of methoxy groups -OCH3 is 2. The molecule has 4 aromatic rings. The minimum Gasteiger partial charge on any atom is -0.489 e. The fourth-order valence-electron chi connectivity index (χ4n) is 4.71. The third-order valence-corrected chi connectivity index (χ3v) is 7.18. The van der Waals surface area contributed by atoms with Crippen LogP contribution in [0, 0.1) is 0 Å². The van der Waals surface area contributed by atoms with Crippen LogP contribution in [0.15, 0.2) is 96.0 Å². The number of carbonyl (C=O) groups excluding carboxylic acids is 4. The normalized spacial score (nSPS) is 11.4. The lowest BCUT2D eigenvalue weighted by Gasteiger charge is -2.17. The van der Waals surface area contributed by atoms with Gasteiger partial charge in [-0.15, -0.1) is 0 Å². The van der Waals surface area contributed by atoms with Crippen molar-refractivity contribution in [3.05, 3.63) is 119 Å². The molecule has 3 N–H and O–H groups in total. The molecule has 0 aliphatic carbocycles. The van der Waals surface area contributed by atoms with Gasteiger partial charge in [0.2, 0.25) is 0 Å². The Morgan fingerprint density at radius 3 is 2.12 bits per heavy atom. The number of benzene rings is 4. The number of nitrogens with zero attached hydrogens (tertiary/aromatic N) is 1. The molecular formula is C39H41N3O10. The van der Waals surface area contributed by atoms with Gasteiger partial charge in [-0.1, -0.05) is 36.4 Å². The third kappa shape index (κ3) is 11.2. The topological polar surface area (TPSA) is 174 Å². The Hall–Kier alpha value is -6.05. The maximum absolute atomic E-state index is 14.0. The first-order valence-corrected chi connectivity index (χ1v) is 16.1. The molecule has 0 bridgehead atoms. The van der Waals surface area contributed by atoms with Gasteiger partial charge in [-0.25, -0.2) is 14.4 Å². The zero-order valence-corrected chi connectivity index (χ0v) is 29.6. The summed E-state index contributed by atoms with van der Waals surface area (Å²) in [4.78, 5) is 55.7. The molecular weight excluding hydrogens is 670 g/mol. The lowest BCUT2D eigenvalue weighted by atomic mass is 9.93. The summed E-state index contributed by atoms with van der Waals surface area (Å²) in [6.45, 7) is 5.65. The third-order valence-electron chi connectivity index (χ3n) is 7.18. The van der Waals surface area contributed by atoms with Crippen LogP contribution in [-0.2, 0) is 30.3 Å². The fourth-order valence-corrected chi connectivity index (χ4v) is 4.71. The van der Waals surface area contributed by atoms with E-state index < -0.39 is 29.5 Å². The van der Waals surface area contributed by atoms with Crippen LogP contribution < -0.4 is 15.8 Å². The number of aliphatic imine (C=N–C) groups is 1. The highest BCUT2D eigenvalue weighted by atomic mass is 16.7. The van der Waals surface area contributed by atoms with Crippen molar-refractivity contribution in [3.63, 3.8) is 0 Å². The van der Waals surface area contributed by atoms with Crippen molar-refractivity contribution in [2.45, 2.75) is 33.0 Å². The molecule has 52 heavy (non-hydrogen) atoms. The summed E-state index contributed by atoms with van der Waals surface area (Å²) in [6.07, 6.45) is -0.826. The molecule has 272 valence electrons. The Balaban J connectivity index is 1.66. The van der Waals surface area contributed by atoms with E-state index in [1.54, 1.807) is 63.2 Å². The highest BCUT2D eigenvalue weighted by Gasteiger charge is 2.23. The average Bonchev–Trinajstić information content (AvgIpc) is 3.13. The number of carbonyl (C=O) groups is 4. The summed E-state index contributed by atoms with van der Waals surface area (Å²) >= 11 is 0. The molecule has 0 unspecified atom stereocenters. The van der Waals surface area contributed by atoms with E-state index >= 15 is 0 Å². The molecule has 0 aliphatic heterocycles. The molecule has 4 aromatic carbocycles. The van der Waals surface area contributed by atoms with Gasteiger partial charge in [-0.3, -0.25) is 4.79 Å². The molecule has 0 aliphatic rings. The molecule has 0 fully saturated rings. The largest absolute Gasteiger partial charge is 0.489 e. The predicted molar refractivity (Wildman–Crippen MR) is 193 cm³/mol. The molecule has 0 atom stereocenters. The summed E-state index contributed by atoms with van der Waals surface area (Å²) in [6, 6.07) is 25.1. The monoisotopic (exact) mass is 711 g/mol. The van der Waals surface area contributed by atoms with Gasteiger partial charge in [0.05, 0.1) is 37.0 Å². The number of nitrogens with two attached hydrogens (primary N) is 1. The molecule has 0 heterocycles. The first-order valence-electron chi connectivity index (χ1n) is 16.1. The summed E-state index contributed by atoms with van der Waals surface area (Å²) < 4.78 is 31.5. The molecule has 4 rings (SSSR count). The summed E-state index contributed by atoms with van der Waals surface area (Å²) in [5.74, 6) is -1.66. The molecule has 0 radical (unpaired) electrons. The Morgan fingerprint density at radius 2 is 1.44 bits per heavy atom. The van der Waals surface area contributed by atoms with Crippen molar-refractivity contribution in [2.24, 2.45) is 10.7 Å². The van der Waals surface area contributed by atoms with Gasteiger partial charge in [0.1, 0.15) is 23.8 Å². The Labute approximate surface area is 301 Å². The number of amides is 2. The molecule has 2 amide bonds. The number of nitrogens with one attached hydrogen (secondary N) is 1. The number of amidine groups is 1. The Morgan fingerprint density at radius 1 is 0.769 bits per heavy atom. The van der Waals surface area contributed by atoms with E-state index in [1.165, 1.54) is 32.4 Å². The minimum absolute atomic E-state index is 0.0216. The number of anilines is 1. The second kappa shape index (κ2) is 18.3. The molecule has 0 saturated heterocycles. The summed E-state index contributed by atoms with van der Waals surface area (Å²) in [5.41, 5.74) is 7.98. The van der Waals surface area contributed by atoms with Crippen molar-refractivity contribution in [3.8, 4) is 16.9 Å². The zero-order chi connectivity index (χ0) is 37.7. The van der Waals surface area contributed by atoms with Crippen molar-refractivity contribution >= 4 is 35.5 Å². The van der Waals surface area contributed by atoms with Crippen LogP contribution in [0.4, 0.5) is 10.5 Å². The minimum atomic E-state index is -0.826. The van der Waals surface area contributed by atoms with Crippen LogP contribution >= 0.6 is 0 Å². The van der Waals surface area contributed by atoms with Crippen molar-refractivity contribution in [1.29, 1.82) is 0 Å². The summed E-state index contributed by atoms with van der Waals surface area (Å²) in [7, 11) is 2.73. The van der Waals surface area contributed by atoms with Gasteiger partial charge in [0, 0.05) is 18.4 Å². The maximum Gasteiger partial charge on any atom is 0.436 e. The van der Waals surface area contributed by atoms with Crippen molar-refractivity contribution in [2.75, 3.05) is 39.5 Å². The second-order valence-corrected chi connectivity index (χ2v) is 12.2. The number of esters is 2. The van der Waals surface area contributed by atoms with Gasteiger partial charge in [-0.2, -0.15) is 4.99 Å². The van der Waals surface area contributed by atoms with Gasteiger partial charge < -0.3 is 39.5 Å². The first kappa shape index (κ1) is 38.7. The quantitative estimate of drug-likeness (QED) is 0.0371. The van der Waals surface area contributed by atoms with Crippen LogP contribution in [-0.4, -0.2) is 69.6 Å². The number of hydrogen-bond acceptors (Lipinski definition) is 10. The first-order chi connectivity index (χ1) is 24.9. The van der Waals surface area contributed by atoms with E-state index in [0.717, 1.165) is 5.56 Å². The lowest BCUT2D eigenvalue weighted by Crippen LogP contribution is -2.24. The Bertz CT molecular complexity index is 1900. The van der Waals surface area contributed by atoms with E-state index in [1.807, 2.05) is 30.3 Å². The van der Waals surface area contributed by atoms with Gasteiger partial charge in [0.15, 0.2) is 6.79 Å². The number of ether oxygens (including phenoxy) is 6. The maximum atomic E-state index is 14.0. The SMILES string of the molecule is COCCOCOC(=O)c1ccc(-c2ccc(OCc3ccccc3)cc2C(=O)Nc2ccc(C(N)=NC(=O)OC(C)(C)C)cc2)c(C(=O)OC)c1. The number of rotatable bonds is 14. The average molecular weight is 712 g/mol. The van der Waals surface area contributed by atoms with Crippen LogP contribution in [0.25, 0.3) is 11.1 Å². The van der Waals surface area contributed by atoms with Crippen molar-refractivity contribution < 1.29 is 47.6 Å². The van der Waals surface area contributed by atoms with E-state index in [-0.39, 0.29) is 42.5 Å². The molecule has 13 heteroatoms. The summed E-state index contributed by atoms with van der Waals surface area (Å²) in [5, 5.41) is 2.86. The predicted octanol–water partition coefficient (Wildman–Crippen LogP) is 6.39. The van der Waals surface area contributed by atoms with Gasteiger partial charge in [-0.05, 0) is 92.1 Å². The number of hydrogen-bond donors (Lipinski definition) is 2. The Kier molecular flexibility index (Phi) is 13.6. The van der Waals surface area contributed by atoms with E-state index in [2.05, 4.69) is 10.3 Å². The van der Waals surface area contributed by atoms with Gasteiger partial charge in [0.25, 0.3) is 5.91 Å². The van der Waals surface area contributed by atoms with Crippen LogP contribution in [0.1, 0.15) is 63.0 Å². The second-order valence-electron chi connectivity index (χ2n) is 12.2. The smallest absolute Gasteiger partial charge is 0.436 e. The molecule has 0 saturated carbocycles. The fraction of sp³-hybridized carbons (Fsp3) is 0.256. The van der Waals surface area contributed by atoms with Crippen LogP contribution in [0.3, 0.4) is 0 Å². The van der Waals surface area contributed by atoms with E-state index in [0.29, 0.717) is 34.7 Å². The van der Waals surface area contributed by atoms with Crippen LogP contribution in [0.2, 0.25) is 0 Å². The zero-order valence-electron chi connectivity index (χ0n) is 29.6. The molecule has 13 nitrogen and oxygen atoms in total. The van der Waals surface area contributed by atoms with Crippen molar-refractivity contribution in [1.82, 2.24) is 0 Å². The molecule has 0 spiro atoms. The lowest BCUT2D eigenvalue weighted by molar-refractivity contribution is -0.0436. The molecule has 0 aromatic heterocycles. The van der Waals surface area contributed by atoms with E-state index in [9.17, 15) is 19.2 Å². The highest BCUT2D eigenvalue weighted by Crippen LogP contribution is 2.32. The van der Waals surface area contributed by atoms with Crippen LogP contribution in [0.5, 0.6) is 5.75 Å². The van der Waals surface area contributed by atoms with Gasteiger partial charge >= 0.3 is 18.0 Å². The van der Waals surface area contributed by atoms with E-state index in [4.69, 9.17) is 34.2 Å². The highest BCUT2D eigenvalue weighted by molar-refractivity contribution is 6.11. The standard InChI is InChI=1S/C39H41N3O10/c1-39(2,3)52-38(46)42-34(40)26-11-14-28(15-12-26)41-35(43)32-22-29(50-23-25-9-7-6-8-10-25)16-18-30(32)31-17-13-27(21-33(31)37(45)48-5)36(44)51-24-49-20-19-47-4/h6-18,21-22H,19-20,23-24H2,1-5H3,(H,41,43)(H2,40,42,46).